The van der Waals surface area contributed by atoms with Crippen LogP contribution in [-0.4, -0.2) is 46.9 Å². The molecular formula is C23H27N3O4S. The van der Waals surface area contributed by atoms with Gasteiger partial charge >= 0.3 is 0 Å². The maximum absolute atomic E-state index is 12.9. The van der Waals surface area contributed by atoms with Gasteiger partial charge in [0.25, 0.3) is 0 Å². The molecule has 7 nitrogen and oxygen atoms in total. The molecule has 2 amide bonds. The number of nitrogens with zero attached hydrogens (tertiary/aromatic N) is 2. The first-order valence-electron chi connectivity index (χ1n) is 10.4. The minimum Gasteiger partial charge on any atom is -0.494 e. The average Bonchev–Trinajstić information content (AvgIpc) is 2.75. The lowest BCUT2D eigenvalue weighted by Crippen LogP contribution is -2.45. The summed E-state index contributed by atoms with van der Waals surface area (Å²) in [5, 5.41) is 2.84. The molecule has 0 aliphatic carbocycles. The number of aliphatic imine (C=N–C) groups is 1. The van der Waals surface area contributed by atoms with Crippen molar-refractivity contribution >= 4 is 40.1 Å². The molecule has 3 rings (SSSR count). The lowest BCUT2D eigenvalue weighted by Gasteiger charge is -2.30. The Morgan fingerprint density at radius 2 is 1.81 bits per heavy atom. The van der Waals surface area contributed by atoms with Crippen LogP contribution in [0.1, 0.15) is 27.2 Å². The smallest absolute Gasteiger partial charge is 0.238 e. The molecule has 164 valence electrons. The molecule has 1 saturated heterocycles. The molecule has 0 spiro atoms. The Balaban J connectivity index is 1.76. The van der Waals surface area contributed by atoms with Crippen molar-refractivity contribution in [2.75, 3.05) is 25.1 Å². The molecule has 1 N–H and O–H groups in total. The van der Waals surface area contributed by atoms with Crippen molar-refractivity contribution in [3.63, 3.8) is 0 Å². The summed E-state index contributed by atoms with van der Waals surface area (Å²) in [6, 6.07) is 14.6. The second-order valence-corrected chi connectivity index (χ2v) is 7.89. The van der Waals surface area contributed by atoms with Gasteiger partial charge in [0, 0.05) is 24.7 Å². The number of benzene rings is 2. The lowest BCUT2D eigenvalue weighted by atomic mass is 10.2. The molecule has 2 aromatic carbocycles. The largest absolute Gasteiger partial charge is 0.494 e. The van der Waals surface area contributed by atoms with Crippen molar-refractivity contribution in [2.45, 2.75) is 32.4 Å². The number of rotatable bonds is 8. The van der Waals surface area contributed by atoms with E-state index in [9.17, 15) is 9.59 Å². The Bertz CT molecular complexity index is 946. The number of carbonyl (C=O) groups is 2. The molecule has 1 fully saturated rings. The van der Waals surface area contributed by atoms with Crippen molar-refractivity contribution < 1.29 is 19.1 Å². The summed E-state index contributed by atoms with van der Waals surface area (Å²) < 4.78 is 10.9. The molecule has 31 heavy (non-hydrogen) atoms. The molecule has 0 aromatic heterocycles. The zero-order valence-corrected chi connectivity index (χ0v) is 18.8. The van der Waals surface area contributed by atoms with Crippen molar-refractivity contribution in [3.8, 4) is 11.5 Å². The van der Waals surface area contributed by atoms with E-state index in [1.807, 2.05) is 57.2 Å². The molecule has 0 saturated carbocycles. The summed E-state index contributed by atoms with van der Waals surface area (Å²) in [4.78, 5) is 31.8. The zero-order chi connectivity index (χ0) is 22.2. The summed E-state index contributed by atoms with van der Waals surface area (Å²) in [5.74, 6) is 1.09. The van der Waals surface area contributed by atoms with E-state index < -0.39 is 5.25 Å². The van der Waals surface area contributed by atoms with Crippen LogP contribution in [0.15, 0.2) is 53.5 Å². The third-order valence-electron chi connectivity index (χ3n) is 4.53. The highest BCUT2D eigenvalue weighted by Gasteiger charge is 2.35. The molecular weight excluding hydrogens is 414 g/mol. The van der Waals surface area contributed by atoms with Crippen LogP contribution in [0.5, 0.6) is 11.5 Å². The van der Waals surface area contributed by atoms with Gasteiger partial charge in [-0.2, -0.15) is 0 Å². The summed E-state index contributed by atoms with van der Waals surface area (Å²) >= 11 is 1.30. The zero-order valence-electron chi connectivity index (χ0n) is 18.0. The molecule has 1 aliphatic rings. The van der Waals surface area contributed by atoms with E-state index in [2.05, 4.69) is 10.3 Å². The Morgan fingerprint density at radius 1 is 1.10 bits per heavy atom. The van der Waals surface area contributed by atoms with Gasteiger partial charge < -0.3 is 14.8 Å². The van der Waals surface area contributed by atoms with Crippen molar-refractivity contribution in [3.05, 3.63) is 48.5 Å². The molecule has 8 heteroatoms. The third-order valence-corrected chi connectivity index (χ3v) is 5.72. The number of anilines is 1. The Labute approximate surface area is 186 Å². The second kappa shape index (κ2) is 10.9. The first kappa shape index (κ1) is 22.7. The molecule has 0 unspecified atom stereocenters. The number of nitrogens with one attached hydrogen (secondary N) is 1. The Morgan fingerprint density at radius 3 is 2.48 bits per heavy atom. The monoisotopic (exact) mass is 441 g/mol. The van der Waals surface area contributed by atoms with Crippen LogP contribution < -0.4 is 14.8 Å². The minimum atomic E-state index is -0.563. The van der Waals surface area contributed by atoms with Gasteiger partial charge in [-0.15, -0.1) is 0 Å². The summed E-state index contributed by atoms with van der Waals surface area (Å²) in [7, 11) is 0. The number of thioether (sulfide) groups is 1. The van der Waals surface area contributed by atoms with E-state index in [0.29, 0.717) is 42.1 Å². The third kappa shape index (κ3) is 6.01. The van der Waals surface area contributed by atoms with Crippen LogP contribution >= 0.6 is 11.8 Å². The standard InChI is InChI=1S/C23H27N3O4S/c1-4-26-21(27)15-20(22(28)24-17-8-7-9-19(14-17)30-6-3)31-23(26)25-16-10-12-18(13-11-16)29-5-2/h7-14,20H,4-6,15H2,1-3H3,(H,24,28)/t20-/m0/s1. The first-order chi connectivity index (χ1) is 15.0. The van der Waals surface area contributed by atoms with E-state index in [1.54, 1.807) is 17.0 Å². The number of hydrogen-bond donors (Lipinski definition) is 1. The van der Waals surface area contributed by atoms with E-state index >= 15 is 0 Å². The van der Waals surface area contributed by atoms with Gasteiger partial charge in [0.1, 0.15) is 16.7 Å². The van der Waals surface area contributed by atoms with Crippen LogP contribution in [0.4, 0.5) is 11.4 Å². The van der Waals surface area contributed by atoms with Gasteiger partial charge in [0.05, 0.1) is 18.9 Å². The fourth-order valence-corrected chi connectivity index (χ4v) is 4.26. The molecule has 2 aromatic rings. The van der Waals surface area contributed by atoms with E-state index in [0.717, 1.165) is 5.75 Å². The SMILES string of the molecule is CCOc1ccc(N=C2S[C@H](C(=O)Nc3cccc(OCC)c3)CC(=O)N2CC)cc1. The van der Waals surface area contributed by atoms with Crippen molar-refractivity contribution in [2.24, 2.45) is 4.99 Å². The predicted octanol–water partition coefficient (Wildman–Crippen LogP) is 4.46. The van der Waals surface area contributed by atoms with Crippen LogP contribution in [0, 0.1) is 0 Å². The quantitative estimate of drug-likeness (QED) is 0.654. The molecule has 1 atom stereocenters. The topological polar surface area (TPSA) is 80.2 Å². The van der Waals surface area contributed by atoms with Crippen LogP contribution in [0.25, 0.3) is 0 Å². The van der Waals surface area contributed by atoms with Gasteiger partial charge in [-0.1, -0.05) is 17.8 Å². The fraction of sp³-hybridized carbons (Fsp3) is 0.348. The van der Waals surface area contributed by atoms with Crippen LogP contribution in [-0.2, 0) is 9.59 Å². The highest BCUT2D eigenvalue weighted by Crippen LogP contribution is 2.30. The Hall–Kier alpha value is -3.00. The van der Waals surface area contributed by atoms with Crippen LogP contribution in [0.2, 0.25) is 0 Å². The van der Waals surface area contributed by atoms with Crippen molar-refractivity contribution in [1.82, 2.24) is 4.90 Å². The van der Waals surface area contributed by atoms with Gasteiger partial charge in [0.15, 0.2) is 5.17 Å². The number of hydrogen-bond acceptors (Lipinski definition) is 6. The molecule has 0 bridgehead atoms. The summed E-state index contributed by atoms with van der Waals surface area (Å²) in [6.45, 7) is 7.35. The van der Waals surface area contributed by atoms with E-state index in [1.165, 1.54) is 11.8 Å². The molecule has 1 aliphatic heterocycles. The fourth-order valence-electron chi connectivity index (χ4n) is 3.10. The van der Waals surface area contributed by atoms with Gasteiger partial charge in [-0.05, 0) is 57.2 Å². The van der Waals surface area contributed by atoms with Gasteiger partial charge in [-0.3, -0.25) is 14.5 Å². The summed E-state index contributed by atoms with van der Waals surface area (Å²) in [6.07, 6.45) is 0.123. The number of ether oxygens (including phenoxy) is 2. The number of amides is 2. The minimum absolute atomic E-state index is 0.117. The maximum atomic E-state index is 12.9. The van der Waals surface area contributed by atoms with E-state index in [4.69, 9.17) is 9.47 Å². The van der Waals surface area contributed by atoms with Gasteiger partial charge in [-0.25, -0.2) is 4.99 Å². The molecule has 1 heterocycles. The van der Waals surface area contributed by atoms with Crippen LogP contribution in [0.3, 0.4) is 0 Å². The summed E-state index contributed by atoms with van der Waals surface area (Å²) in [5.41, 5.74) is 1.33. The lowest BCUT2D eigenvalue weighted by molar-refractivity contribution is -0.129. The maximum Gasteiger partial charge on any atom is 0.238 e. The predicted molar refractivity (Wildman–Crippen MR) is 124 cm³/mol. The van der Waals surface area contributed by atoms with E-state index in [-0.39, 0.29) is 18.2 Å². The normalized spacial score (nSPS) is 17.5. The highest BCUT2D eigenvalue weighted by molar-refractivity contribution is 8.15. The number of carbonyl (C=O) groups excluding carboxylic acids is 2. The average molecular weight is 442 g/mol. The molecule has 0 radical (unpaired) electrons. The highest BCUT2D eigenvalue weighted by atomic mass is 32.2. The second-order valence-electron chi connectivity index (χ2n) is 6.72. The van der Waals surface area contributed by atoms with Crippen molar-refractivity contribution in [1.29, 1.82) is 0 Å². The first-order valence-corrected chi connectivity index (χ1v) is 11.2. The van der Waals surface area contributed by atoms with Gasteiger partial charge in [0.2, 0.25) is 11.8 Å². The Kier molecular flexibility index (Phi) is 7.94. The number of amidine groups is 1.